The van der Waals surface area contributed by atoms with Crippen molar-refractivity contribution >= 4 is 17.5 Å². The SMILES string of the molecule is CN(CC1CCCC1O)C(=O)c1cnn(-c2cccc(Cl)c2)c1. The van der Waals surface area contributed by atoms with Crippen LogP contribution in [0.1, 0.15) is 29.6 Å². The molecule has 122 valence electrons. The molecule has 1 amide bonds. The van der Waals surface area contributed by atoms with E-state index in [0.29, 0.717) is 17.1 Å². The molecule has 1 fully saturated rings. The Bertz CT molecular complexity index is 701. The number of carbonyl (C=O) groups is 1. The summed E-state index contributed by atoms with van der Waals surface area (Å²) >= 11 is 5.98. The van der Waals surface area contributed by atoms with Gasteiger partial charge in [-0.25, -0.2) is 4.68 Å². The summed E-state index contributed by atoms with van der Waals surface area (Å²) in [6.07, 6.45) is 5.81. The molecule has 3 rings (SSSR count). The van der Waals surface area contributed by atoms with Crippen LogP contribution < -0.4 is 0 Å². The van der Waals surface area contributed by atoms with Crippen molar-refractivity contribution in [2.45, 2.75) is 25.4 Å². The van der Waals surface area contributed by atoms with Crippen molar-refractivity contribution in [1.29, 1.82) is 0 Å². The molecular weight excluding hydrogens is 314 g/mol. The lowest BCUT2D eigenvalue weighted by atomic mass is 10.1. The molecule has 1 N–H and O–H groups in total. The third-order valence-corrected chi connectivity index (χ3v) is 4.61. The molecule has 1 aromatic heterocycles. The normalized spacial score (nSPS) is 20.7. The lowest BCUT2D eigenvalue weighted by Crippen LogP contribution is -2.34. The summed E-state index contributed by atoms with van der Waals surface area (Å²) in [7, 11) is 1.77. The van der Waals surface area contributed by atoms with Crippen molar-refractivity contribution in [3.05, 3.63) is 47.2 Å². The van der Waals surface area contributed by atoms with E-state index in [1.807, 2.05) is 12.1 Å². The largest absolute Gasteiger partial charge is 0.393 e. The third kappa shape index (κ3) is 3.57. The Morgan fingerprint density at radius 1 is 1.48 bits per heavy atom. The number of aromatic nitrogens is 2. The Morgan fingerprint density at radius 3 is 3.00 bits per heavy atom. The summed E-state index contributed by atoms with van der Waals surface area (Å²) in [6.45, 7) is 0.572. The minimum absolute atomic E-state index is 0.0858. The van der Waals surface area contributed by atoms with Gasteiger partial charge in [-0.15, -0.1) is 0 Å². The number of rotatable bonds is 4. The Kier molecular flexibility index (Phi) is 4.68. The molecule has 6 heteroatoms. The van der Waals surface area contributed by atoms with Gasteiger partial charge in [0.25, 0.3) is 5.91 Å². The molecule has 0 spiro atoms. The number of aliphatic hydroxyl groups is 1. The van der Waals surface area contributed by atoms with Crippen LogP contribution in [-0.4, -0.2) is 45.4 Å². The van der Waals surface area contributed by atoms with Gasteiger partial charge in [-0.05, 0) is 31.0 Å². The number of carbonyl (C=O) groups excluding carboxylic acids is 1. The first kappa shape index (κ1) is 16.0. The second-order valence-electron chi connectivity index (χ2n) is 6.10. The van der Waals surface area contributed by atoms with Crippen LogP contribution in [0.5, 0.6) is 0 Å². The van der Waals surface area contributed by atoms with Crippen molar-refractivity contribution in [3.63, 3.8) is 0 Å². The van der Waals surface area contributed by atoms with Gasteiger partial charge in [-0.1, -0.05) is 24.1 Å². The minimum Gasteiger partial charge on any atom is -0.393 e. The van der Waals surface area contributed by atoms with E-state index in [0.717, 1.165) is 24.9 Å². The van der Waals surface area contributed by atoms with Crippen molar-refractivity contribution < 1.29 is 9.90 Å². The summed E-state index contributed by atoms with van der Waals surface area (Å²) in [5, 5.41) is 14.8. The molecule has 1 heterocycles. The van der Waals surface area contributed by atoms with E-state index in [1.54, 1.807) is 41.2 Å². The van der Waals surface area contributed by atoms with E-state index in [4.69, 9.17) is 11.6 Å². The maximum atomic E-state index is 12.5. The number of benzene rings is 1. The molecule has 1 aliphatic carbocycles. The van der Waals surface area contributed by atoms with Crippen LogP contribution in [-0.2, 0) is 0 Å². The van der Waals surface area contributed by atoms with Crippen LogP contribution in [0, 0.1) is 5.92 Å². The fraction of sp³-hybridized carbons (Fsp3) is 0.412. The molecule has 1 saturated carbocycles. The molecule has 5 nitrogen and oxygen atoms in total. The van der Waals surface area contributed by atoms with Gasteiger partial charge in [0.15, 0.2) is 0 Å². The number of hydrogen-bond donors (Lipinski definition) is 1. The zero-order chi connectivity index (χ0) is 16.4. The van der Waals surface area contributed by atoms with Crippen molar-refractivity contribution in [3.8, 4) is 5.69 Å². The third-order valence-electron chi connectivity index (χ3n) is 4.38. The smallest absolute Gasteiger partial charge is 0.256 e. The number of amides is 1. The van der Waals surface area contributed by atoms with Gasteiger partial charge in [0.05, 0.1) is 23.6 Å². The molecule has 1 aromatic carbocycles. The molecule has 1 aliphatic rings. The Hall–Kier alpha value is -1.85. The van der Waals surface area contributed by atoms with Crippen LogP contribution in [0.15, 0.2) is 36.7 Å². The quantitative estimate of drug-likeness (QED) is 0.936. The minimum atomic E-state index is -0.292. The predicted molar refractivity (Wildman–Crippen MR) is 88.9 cm³/mol. The number of halogens is 1. The lowest BCUT2D eigenvalue weighted by molar-refractivity contribution is 0.0693. The number of hydrogen-bond acceptors (Lipinski definition) is 3. The first-order valence-electron chi connectivity index (χ1n) is 7.79. The van der Waals surface area contributed by atoms with Gasteiger partial charge in [-0.2, -0.15) is 5.10 Å². The molecular formula is C17H20ClN3O2. The van der Waals surface area contributed by atoms with Gasteiger partial charge in [0.1, 0.15) is 0 Å². The highest BCUT2D eigenvalue weighted by atomic mass is 35.5. The van der Waals surface area contributed by atoms with Gasteiger partial charge in [0.2, 0.25) is 0 Å². The first-order chi connectivity index (χ1) is 11.0. The molecule has 0 bridgehead atoms. The van der Waals surface area contributed by atoms with E-state index < -0.39 is 0 Å². The van der Waals surface area contributed by atoms with E-state index in [1.165, 1.54) is 0 Å². The van der Waals surface area contributed by atoms with Gasteiger partial charge in [0, 0.05) is 30.7 Å². The average Bonchev–Trinajstić information content (AvgIpc) is 3.16. The molecule has 2 aromatic rings. The molecule has 2 unspecified atom stereocenters. The molecule has 0 saturated heterocycles. The second kappa shape index (κ2) is 6.72. The van der Waals surface area contributed by atoms with E-state index in [9.17, 15) is 9.90 Å². The summed E-state index contributed by atoms with van der Waals surface area (Å²) in [4.78, 5) is 14.2. The number of aliphatic hydroxyl groups excluding tert-OH is 1. The van der Waals surface area contributed by atoms with Gasteiger partial charge >= 0.3 is 0 Å². The van der Waals surface area contributed by atoms with Crippen LogP contribution in [0.3, 0.4) is 0 Å². The first-order valence-corrected chi connectivity index (χ1v) is 8.16. The van der Waals surface area contributed by atoms with Crippen molar-refractivity contribution in [2.75, 3.05) is 13.6 Å². The van der Waals surface area contributed by atoms with Gasteiger partial charge < -0.3 is 10.0 Å². The van der Waals surface area contributed by atoms with E-state index in [-0.39, 0.29) is 17.9 Å². The van der Waals surface area contributed by atoms with Gasteiger partial charge in [-0.3, -0.25) is 4.79 Å². The zero-order valence-corrected chi connectivity index (χ0v) is 13.8. The molecule has 23 heavy (non-hydrogen) atoms. The highest BCUT2D eigenvalue weighted by Gasteiger charge is 2.28. The molecule has 2 atom stereocenters. The fourth-order valence-corrected chi connectivity index (χ4v) is 3.26. The van der Waals surface area contributed by atoms with Crippen LogP contribution in [0.25, 0.3) is 5.69 Å². The summed E-state index contributed by atoms with van der Waals surface area (Å²) < 4.78 is 1.64. The highest BCUT2D eigenvalue weighted by Crippen LogP contribution is 2.26. The number of nitrogens with zero attached hydrogens (tertiary/aromatic N) is 3. The van der Waals surface area contributed by atoms with E-state index >= 15 is 0 Å². The van der Waals surface area contributed by atoms with Crippen LogP contribution >= 0.6 is 11.6 Å². The Labute approximate surface area is 140 Å². The van der Waals surface area contributed by atoms with Crippen molar-refractivity contribution in [2.24, 2.45) is 5.92 Å². The molecule has 0 radical (unpaired) electrons. The highest BCUT2D eigenvalue weighted by molar-refractivity contribution is 6.30. The maximum Gasteiger partial charge on any atom is 0.256 e. The van der Waals surface area contributed by atoms with Crippen molar-refractivity contribution in [1.82, 2.24) is 14.7 Å². The van der Waals surface area contributed by atoms with Crippen LogP contribution in [0.2, 0.25) is 5.02 Å². The summed E-state index contributed by atoms with van der Waals surface area (Å²) in [6, 6.07) is 7.31. The topological polar surface area (TPSA) is 58.4 Å². The predicted octanol–water partition coefficient (Wildman–Crippen LogP) is 2.76. The molecule has 0 aliphatic heterocycles. The monoisotopic (exact) mass is 333 g/mol. The fourth-order valence-electron chi connectivity index (χ4n) is 3.08. The average molecular weight is 334 g/mol. The van der Waals surface area contributed by atoms with Crippen LogP contribution in [0.4, 0.5) is 0 Å². The summed E-state index contributed by atoms with van der Waals surface area (Å²) in [5.41, 5.74) is 1.34. The maximum absolute atomic E-state index is 12.5. The second-order valence-corrected chi connectivity index (χ2v) is 6.53. The Balaban J connectivity index is 1.70. The Morgan fingerprint density at radius 2 is 2.30 bits per heavy atom. The summed E-state index contributed by atoms with van der Waals surface area (Å²) in [5.74, 6) is 0.0873. The zero-order valence-electron chi connectivity index (χ0n) is 13.0. The lowest BCUT2D eigenvalue weighted by Gasteiger charge is -2.22. The van der Waals surface area contributed by atoms with E-state index in [2.05, 4.69) is 5.10 Å². The standard InChI is InChI=1S/C17H20ClN3O2/c1-20(10-12-4-2-7-16(12)22)17(23)13-9-19-21(11-13)15-6-3-5-14(18)8-15/h3,5-6,8-9,11-12,16,22H,2,4,7,10H2,1H3.